The van der Waals surface area contributed by atoms with Gasteiger partial charge in [0.15, 0.2) is 0 Å². The summed E-state index contributed by atoms with van der Waals surface area (Å²) in [5, 5.41) is 0. The van der Waals surface area contributed by atoms with E-state index in [0.717, 1.165) is 13.1 Å². The summed E-state index contributed by atoms with van der Waals surface area (Å²) in [5.74, 6) is 0. The molecule has 0 aliphatic heterocycles. The van der Waals surface area contributed by atoms with Gasteiger partial charge in [0, 0.05) is 38.1 Å². The van der Waals surface area contributed by atoms with Gasteiger partial charge in [0.1, 0.15) is 0 Å². The van der Waals surface area contributed by atoms with Gasteiger partial charge in [-0.15, -0.1) is 0 Å². The van der Waals surface area contributed by atoms with Gasteiger partial charge in [0.25, 0.3) is 0 Å². The first kappa shape index (κ1) is 13.1. The largest absolute Gasteiger partial charge is 0.329 e. The lowest BCUT2D eigenvalue weighted by molar-refractivity contribution is 0.222. The first-order valence-electron chi connectivity index (χ1n) is 5.60. The number of nitrogens with two attached hydrogens (primary N) is 1. The van der Waals surface area contributed by atoms with Gasteiger partial charge in [-0.05, 0) is 32.8 Å². The van der Waals surface area contributed by atoms with Crippen molar-refractivity contribution < 1.29 is 0 Å². The lowest BCUT2D eigenvalue weighted by Crippen LogP contribution is -2.35. The minimum absolute atomic E-state index is 0.258. The van der Waals surface area contributed by atoms with Crippen LogP contribution in [0.4, 0.5) is 0 Å². The Balaban J connectivity index is 2.60. The first-order valence-corrected chi connectivity index (χ1v) is 5.60. The molecule has 1 unspecified atom stereocenters. The van der Waals surface area contributed by atoms with Gasteiger partial charge in [0.2, 0.25) is 0 Å². The monoisotopic (exact) mass is 222 g/mol. The molecule has 1 heterocycles. The van der Waals surface area contributed by atoms with Crippen molar-refractivity contribution in [2.45, 2.75) is 6.04 Å². The van der Waals surface area contributed by atoms with E-state index in [1.807, 2.05) is 12.3 Å². The van der Waals surface area contributed by atoms with Crippen LogP contribution in [0.2, 0.25) is 0 Å². The summed E-state index contributed by atoms with van der Waals surface area (Å²) in [4.78, 5) is 8.59. The fourth-order valence-corrected chi connectivity index (χ4v) is 1.66. The second-order valence-corrected chi connectivity index (χ2v) is 4.32. The van der Waals surface area contributed by atoms with Crippen LogP contribution in [-0.2, 0) is 0 Å². The Bertz CT molecular complexity index is 286. The SMILES string of the molecule is CN(C)CCN(C)C(CN)c1cccnc1. The van der Waals surface area contributed by atoms with E-state index >= 15 is 0 Å². The van der Waals surface area contributed by atoms with Crippen LogP contribution in [0.15, 0.2) is 24.5 Å². The number of aromatic nitrogens is 1. The molecule has 90 valence electrons. The Morgan fingerprint density at radius 2 is 2.06 bits per heavy atom. The van der Waals surface area contributed by atoms with E-state index in [4.69, 9.17) is 5.73 Å². The first-order chi connectivity index (χ1) is 7.65. The van der Waals surface area contributed by atoms with Crippen LogP contribution >= 0.6 is 0 Å². The summed E-state index contributed by atoms with van der Waals surface area (Å²) >= 11 is 0. The van der Waals surface area contributed by atoms with Gasteiger partial charge < -0.3 is 10.6 Å². The summed E-state index contributed by atoms with van der Waals surface area (Å²) in [6, 6.07) is 4.29. The predicted molar refractivity (Wildman–Crippen MR) is 67.2 cm³/mol. The predicted octanol–water partition coefficient (Wildman–Crippen LogP) is 0.575. The number of hydrogen-bond acceptors (Lipinski definition) is 4. The summed E-state index contributed by atoms with van der Waals surface area (Å²) < 4.78 is 0. The molecule has 0 aliphatic rings. The van der Waals surface area contributed by atoms with Gasteiger partial charge in [-0.3, -0.25) is 9.88 Å². The van der Waals surface area contributed by atoms with Crippen LogP contribution in [0.3, 0.4) is 0 Å². The molecule has 0 saturated carbocycles. The third kappa shape index (κ3) is 3.89. The van der Waals surface area contributed by atoms with Gasteiger partial charge in [-0.2, -0.15) is 0 Å². The Hall–Kier alpha value is -0.970. The molecule has 4 nitrogen and oxygen atoms in total. The fraction of sp³-hybridized carbons (Fsp3) is 0.583. The maximum Gasteiger partial charge on any atom is 0.0483 e. The third-order valence-corrected chi connectivity index (χ3v) is 2.72. The van der Waals surface area contributed by atoms with Crippen molar-refractivity contribution in [3.05, 3.63) is 30.1 Å². The summed E-state index contributed by atoms with van der Waals surface area (Å²) in [7, 11) is 6.26. The molecular weight excluding hydrogens is 200 g/mol. The normalized spacial score (nSPS) is 13.4. The quantitative estimate of drug-likeness (QED) is 0.764. The van der Waals surface area contributed by atoms with Gasteiger partial charge in [-0.1, -0.05) is 6.07 Å². The molecule has 1 atom stereocenters. The smallest absolute Gasteiger partial charge is 0.0483 e. The highest BCUT2D eigenvalue weighted by Gasteiger charge is 2.14. The van der Waals surface area contributed by atoms with Crippen molar-refractivity contribution in [2.24, 2.45) is 5.73 Å². The van der Waals surface area contributed by atoms with E-state index in [1.165, 1.54) is 5.56 Å². The van der Waals surface area contributed by atoms with Crippen LogP contribution < -0.4 is 5.73 Å². The van der Waals surface area contributed by atoms with E-state index in [9.17, 15) is 0 Å². The van der Waals surface area contributed by atoms with E-state index < -0.39 is 0 Å². The summed E-state index contributed by atoms with van der Waals surface area (Å²) in [6.45, 7) is 2.66. The van der Waals surface area contributed by atoms with E-state index in [1.54, 1.807) is 6.20 Å². The van der Waals surface area contributed by atoms with Gasteiger partial charge in [0.05, 0.1) is 0 Å². The minimum Gasteiger partial charge on any atom is -0.329 e. The van der Waals surface area contributed by atoms with E-state index in [-0.39, 0.29) is 6.04 Å². The molecule has 0 fully saturated rings. The molecule has 0 bridgehead atoms. The molecule has 0 amide bonds. The molecular formula is C12H22N4. The Labute approximate surface area is 98.1 Å². The Morgan fingerprint density at radius 1 is 1.31 bits per heavy atom. The van der Waals surface area contributed by atoms with Crippen molar-refractivity contribution in [3.8, 4) is 0 Å². The van der Waals surface area contributed by atoms with E-state index in [0.29, 0.717) is 6.54 Å². The highest BCUT2D eigenvalue weighted by atomic mass is 15.2. The number of rotatable bonds is 6. The molecule has 0 aromatic carbocycles. The van der Waals surface area contributed by atoms with E-state index in [2.05, 4.69) is 42.0 Å². The molecule has 4 heteroatoms. The van der Waals surface area contributed by atoms with Crippen molar-refractivity contribution in [1.29, 1.82) is 0 Å². The number of nitrogens with zero attached hydrogens (tertiary/aromatic N) is 3. The van der Waals surface area contributed by atoms with Gasteiger partial charge >= 0.3 is 0 Å². The lowest BCUT2D eigenvalue weighted by Gasteiger charge is -2.28. The van der Waals surface area contributed by atoms with Crippen LogP contribution in [0.25, 0.3) is 0 Å². The average Bonchev–Trinajstić information content (AvgIpc) is 2.29. The van der Waals surface area contributed by atoms with Crippen LogP contribution in [-0.4, -0.2) is 55.6 Å². The lowest BCUT2D eigenvalue weighted by atomic mass is 10.1. The average molecular weight is 222 g/mol. The molecule has 1 aromatic rings. The van der Waals surface area contributed by atoms with Crippen molar-refractivity contribution in [2.75, 3.05) is 40.8 Å². The zero-order valence-electron chi connectivity index (χ0n) is 10.4. The molecule has 0 radical (unpaired) electrons. The fourth-order valence-electron chi connectivity index (χ4n) is 1.66. The molecule has 0 spiro atoms. The maximum absolute atomic E-state index is 5.83. The standard InChI is InChI=1S/C12H22N4/c1-15(2)7-8-16(3)12(9-13)11-5-4-6-14-10-11/h4-6,10,12H,7-9,13H2,1-3H3. The number of likely N-dealkylation sites (N-methyl/N-ethyl adjacent to an activating group) is 2. The zero-order chi connectivity index (χ0) is 12.0. The number of hydrogen-bond donors (Lipinski definition) is 1. The molecule has 16 heavy (non-hydrogen) atoms. The Morgan fingerprint density at radius 3 is 2.56 bits per heavy atom. The second-order valence-electron chi connectivity index (χ2n) is 4.32. The van der Waals surface area contributed by atoms with Crippen LogP contribution in [0, 0.1) is 0 Å². The van der Waals surface area contributed by atoms with Crippen LogP contribution in [0.5, 0.6) is 0 Å². The van der Waals surface area contributed by atoms with Gasteiger partial charge in [-0.25, -0.2) is 0 Å². The molecule has 2 N–H and O–H groups in total. The highest BCUT2D eigenvalue weighted by molar-refractivity contribution is 5.14. The van der Waals surface area contributed by atoms with Crippen LogP contribution in [0.1, 0.15) is 11.6 Å². The third-order valence-electron chi connectivity index (χ3n) is 2.72. The molecule has 1 rings (SSSR count). The highest BCUT2D eigenvalue weighted by Crippen LogP contribution is 2.16. The summed E-state index contributed by atoms with van der Waals surface area (Å²) in [6.07, 6.45) is 3.68. The number of pyridine rings is 1. The molecule has 1 aromatic heterocycles. The van der Waals surface area contributed by atoms with Crippen molar-refractivity contribution in [3.63, 3.8) is 0 Å². The summed E-state index contributed by atoms with van der Waals surface area (Å²) in [5.41, 5.74) is 7.02. The topological polar surface area (TPSA) is 45.4 Å². The molecule has 0 saturated heterocycles. The second kappa shape index (κ2) is 6.58. The van der Waals surface area contributed by atoms with Crippen molar-refractivity contribution in [1.82, 2.24) is 14.8 Å². The Kier molecular flexibility index (Phi) is 5.38. The zero-order valence-corrected chi connectivity index (χ0v) is 10.4. The minimum atomic E-state index is 0.258. The maximum atomic E-state index is 5.83. The molecule has 0 aliphatic carbocycles. The van der Waals surface area contributed by atoms with Crippen molar-refractivity contribution >= 4 is 0 Å².